The van der Waals surface area contributed by atoms with Crippen LogP contribution in [0.3, 0.4) is 0 Å². The van der Waals surface area contributed by atoms with Gasteiger partial charge in [0.05, 0.1) is 36.1 Å². The molecule has 0 saturated carbocycles. The quantitative estimate of drug-likeness (QED) is 0.0883. The molecule has 0 saturated heterocycles. The molecule has 0 spiro atoms. The molecule has 0 heterocycles. The summed E-state index contributed by atoms with van der Waals surface area (Å²) in [4.78, 5) is 35.1. The highest BCUT2D eigenvalue weighted by atomic mass is 16.6. The number of nitro benzene ring substituents is 3. The van der Waals surface area contributed by atoms with Crippen molar-refractivity contribution in [1.82, 2.24) is 0 Å². The van der Waals surface area contributed by atoms with E-state index in [0.717, 1.165) is 0 Å². The minimum Gasteiger partial charge on any atom is -0.497 e. The minimum atomic E-state index is -0.849. The van der Waals surface area contributed by atoms with Gasteiger partial charge in [-0.05, 0) is 71.3 Å². The number of rotatable bonds is 12. The fourth-order valence-electron chi connectivity index (χ4n) is 4.52. The standard InChI is InChI=1S/C33H27N3O9/c1-43-25-13-4-22(5-14-25)10-19-28-31(34(37)38)29(20-11-23-6-15-26(44-2)16-7-23)33(36(41)42)30(32(28)35(39)40)21-12-24-8-17-27(45-3)18-9-24/h4-21H,1-3H3. The van der Waals surface area contributed by atoms with Crippen LogP contribution in [0.15, 0.2) is 72.8 Å². The van der Waals surface area contributed by atoms with Crippen LogP contribution in [-0.4, -0.2) is 36.1 Å². The summed E-state index contributed by atoms with van der Waals surface area (Å²) in [6, 6.07) is 19.9. The molecule has 12 heteroatoms. The summed E-state index contributed by atoms with van der Waals surface area (Å²) >= 11 is 0. The fraction of sp³-hybridized carbons (Fsp3) is 0.0909. The van der Waals surface area contributed by atoms with E-state index in [1.54, 1.807) is 72.8 Å². The monoisotopic (exact) mass is 609 g/mol. The Morgan fingerprint density at radius 1 is 0.422 bits per heavy atom. The van der Waals surface area contributed by atoms with E-state index in [2.05, 4.69) is 0 Å². The Balaban J connectivity index is 2.04. The van der Waals surface area contributed by atoms with Crippen molar-refractivity contribution in [3.05, 3.63) is 137 Å². The predicted octanol–water partition coefficient (Wildman–Crippen LogP) is 7.95. The molecule has 0 N–H and O–H groups in total. The van der Waals surface area contributed by atoms with Gasteiger partial charge in [-0.25, -0.2) is 0 Å². The molecular formula is C33H27N3O9. The zero-order valence-electron chi connectivity index (χ0n) is 24.4. The van der Waals surface area contributed by atoms with Crippen LogP contribution in [0.4, 0.5) is 17.1 Å². The van der Waals surface area contributed by atoms with Gasteiger partial charge in [-0.3, -0.25) is 30.3 Å². The highest BCUT2D eigenvalue weighted by Crippen LogP contribution is 2.45. The van der Waals surface area contributed by atoms with Gasteiger partial charge >= 0.3 is 0 Å². The molecule has 0 bridgehead atoms. The summed E-state index contributed by atoms with van der Waals surface area (Å²) in [6.07, 6.45) is 8.02. The Kier molecular flexibility index (Phi) is 10.0. The van der Waals surface area contributed by atoms with Crippen LogP contribution in [0.5, 0.6) is 17.2 Å². The van der Waals surface area contributed by atoms with E-state index in [4.69, 9.17) is 14.2 Å². The summed E-state index contributed by atoms with van der Waals surface area (Å²) in [5.41, 5.74) is -1.91. The van der Waals surface area contributed by atoms with Crippen LogP contribution < -0.4 is 14.2 Å². The maximum absolute atomic E-state index is 12.6. The van der Waals surface area contributed by atoms with Crippen molar-refractivity contribution in [2.24, 2.45) is 0 Å². The average Bonchev–Trinajstić information content (AvgIpc) is 3.05. The molecule has 4 aromatic rings. The van der Waals surface area contributed by atoms with Crippen molar-refractivity contribution in [1.29, 1.82) is 0 Å². The molecule has 0 aliphatic heterocycles. The first-order valence-electron chi connectivity index (χ1n) is 13.3. The van der Waals surface area contributed by atoms with Crippen LogP contribution >= 0.6 is 0 Å². The van der Waals surface area contributed by atoms with E-state index in [9.17, 15) is 30.3 Å². The molecule has 0 fully saturated rings. The molecule has 228 valence electrons. The summed E-state index contributed by atoms with van der Waals surface area (Å²) < 4.78 is 15.5. The predicted molar refractivity (Wildman–Crippen MR) is 172 cm³/mol. The maximum Gasteiger partial charge on any atom is 0.297 e. The molecule has 0 amide bonds. The average molecular weight is 610 g/mol. The van der Waals surface area contributed by atoms with Gasteiger partial charge < -0.3 is 14.2 Å². The van der Waals surface area contributed by atoms with Gasteiger partial charge in [-0.15, -0.1) is 0 Å². The van der Waals surface area contributed by atoms with Crippen molar-refractivity contribution in [3.63, 3.8) is 0 Å². The van der Waals surface area contributed by atoms with Gasteiger partial charge in [0, 0.05) is 0 Å². The topological polar surface area (TPSA) is 157 Å². The third kappa shape index (κ3) is 7.38. The van der Waals surface area contributed by atoms with E-state index in [1.807, 2.05) is 0 Å². The van der Waals surface area contributed by atoms with Gasteiger partial charge in [-0.2, -0.15) is 0 Å². The van der Waals surface area contributed by atoms with Crippen molar-refractivity contribution >= 4 is 53.5 Å². The zero-order valence-corrected chi connectivity index (χ0v) is 24.4. The molecule has 0 aromatic heterocycles. The lowest BCUT2D eigenvalue weighted by Crippen LogP contribution is -2.07. The Morgan fingerprint density at radius 2 is 0.644 bits per heavy atom. The van der Waals surface area contributed by atoms with Gasteiger partial charge in [-0.1, -0.05) is 54.6 Å². The molecule has 0 radical (unpaired) electrons. The summed E-state index contributed by atoms with van der Waals surface area (Å²) in [6.45, 7) is 0. The van der Waals surface area contributed by atoms with Gasteiger partial charge in [0.1, 0.15) is 33.9 Å². The second-order valence-electron chi connectivity index (χ2n) is 9.38. The highest BCUT2D eigenvalue weighted by Gasteiger charge is 2.39. The summed E-state index contributed by atoms with van der Waals surface area (Å²) in [5, 5.41) is 37.7. The van der Waals surface area contributed by atoms with E-state index in [1.165, 1.54) is 57.8 Å². The largest absolute Gasteiger partial charge is 0.497 e. The number of hydrogen-bond donors (Lipinski definition) is 0. The second kappa shape index (κ2) is 14.2. The lowest BCUT2D eigenvalue weighted by molar-refractivity contribution is -0.403. The number of benzene rings is 4. The molecule has 4 aromatic carbocycles. The molecule has 4 rings (SSSR count). The SMILES string of the molecule is COc1ccc(C=Cc2c([N+](=O)[O-])c(C=Cc3ccc(OC)cc3)c([N+](=O)[O-])c(C=Cc3ccc(OC)cc3)c2[N+](=O)[O-])cc1. The summed E-state index contributed by atoms with van der Waals surface area (Å²) in [7, 11) is 4.49. The maximum atomic E-state index is 12.6. The van der Waals surface area contributed by atoms with Crippen molar-refractivity contribution in [2.75, 3.05) is 21.3 Å². The van der Waals surface area contributed by atoms with Gasteiger partial charge in [0.15, 0.2) is 0 Å². The highest BCUT2D eigenvalue weighted by molar-refractivity contribution is 5.96. The minimum absolute atomic E-state index is 0.407. The first-order valence-corrected chi connectivity index (χ1v) is 13.3. The Bertz CT molecular complexity index is 1580. The van der Waals surface area contributed by atoms with Crippen molar-refractivity contribution in [3.8, 4) is 17.2 Å². The zero-order chi connectivity index (χ0) is 32.5. The Hall–Kier alpha value is -6.30. The third-order valence-corrected chi connectivity index (χ3v) is 6.75. The molecule has 0 aliphatic carbocycles. The smallest absolute Gasteiger partial charge is 0.297 e. The van der Waals surface area contributed by atoms with E-state index >= 15 is 0 Å². The summed E-state index contributed by atoms with van der Waals surface area (Å²) in [5.74, 6) is 1.70. The Labute approximate surface area is 257 Å². The number of nitro groups is 3. The van der Waals surface area contributed by atoms with Crippen molar-refractivity contribution in [2.45, 2.75) is 0 Å². The van der Waals surface area contributed by atoms with E-state index in [-0.39, 0.29) is 0 Å². The second-order valence-corrected chi connectivity index (χ2v) is 9.38. The van der Waals surface area contributed by atoms with Crippen LogP contribution in [0.25, 0.3) is 36.5 Å². The van der Waals surface area contributed by atoms with Crippen LogP contribution in [0.1, 0.15) is 33.4 Å². The molecule has 0 aliphatic rings. The number of methoxy groups -OCH3 is 3. The lowest BCUT2D eigenvalue weighted by atomic mass is 9.94. The van der Waals surface area contributed by atoms with Crippen LogP contribution in [0.2, 0.25) is 0 Å². The van der Waals surface area contributed by atoms with Gasteiger partial charge in [0.2, 0.25) is 0 Å². The van der Waals surface area contributed by atoms with Crippen LogP contribution in [0, 0.1) is 30.3 Å². The lowest BCUT2D eigenvalue weighted by Gasteiger charge is -2.10. The fourth-order valence-corrected chi connectivity index (χ4v) is 4.52. The first-order chi connectivity index (χ1) is 21.7. The normalized spacial score (nSPS) is 11.3. The Morgan fingerprint density at radius 3 is 0.822 bits per heavy atom. The number of nitrogens with zero attached hydrogens (tertiary/aromatic N) is 3. The first kappa shape index (κ1) is 31.6. The molecular weight excluding hydrogens is 582 g/mol. The third-order valence-electron chi connectivity index (χ3n) is 6.75. The van der Waals surface area contributed by atoms with Gasteiger partial charge in [0.25, 0.3) is 17.1 Å². The number of hydrogen-bond acceptors (Lipinski definition) is 9. The molecule has 0 atom stereocenters. The molecule has 0 unspecified atom stereocenters. The van der Waals surface area contributed by atoms with Crippen LogP contribution in [-0.2, 0) is 0 Å². The number of ether oxygens (including phenoxy) is 3. The molecule has 45 heavy (non-hydrogen) atoms. The van der Waals surface area contributed by atoms with E-state index in [0.29, 0.717) is 33.9 Å². The molecule has 12 nitrogen and oxygen atoms in total. The van der Waals surface area contributed by atoms with E-state index < -0.39 is 48.5 Å². The van der Waals surface area contributed by atoms with Crippen molar-refractivity contribution < 1.29 is 29.0 Å².